The fraction of sp³-hybridized carbons (Fsp3) is 0. The van der Waals surface area contributed by atoms with Gasteiger partial charge in [0.15, 0.2) is 0 Å². The second kappa shape index (κ2) is 8.61. The first kappa shape index (κ1) is 22.5. The molecule has 3 heteroatoms. The molecule has 2 heterocycles. The average Bonchev–Trinajstić information content (AvgIpc) is 3.04. The number of para-hydroxylation sites is 2. The van der Waals surface area contributed by atoms with Crippen molar-refractivity contribution in [3.8, 4) is 0 Å². The number of anilines is 6. The second-order valence-electron chi connectivity index (χ2n) is 11.0. The zero-order valence-corrected chi connectivity index (χ0v) is 22.4. The van der Waals surface area contributed by atoms with Gasteiger partial charge in [0.2, 0.25) is 0 Å². The Morgan fingerprint density at radius 2 is 0.902 bits per heavy atom. The lowest BCUT2D eigenvalue weighted by atomic mass is 9.33. The van der Waals surface area contributed by atoms with Gasteiger partial charge in [0.25, 0.3) is 6.71 Å². The van der Waals surface area contributed by atoms with Crippen molar-refractivity contribution in [3.63, 3.8) is 0 Å². The summed E-state index contributed by atoms with van der Waals surface area (Å²) in [5.74, 6) is 0. The molecular formula is C38H25BN2. The van der Waals surface area contributed by atoms with Crippen LogP contribution in [0.4, 0.5) is 34.1 Å². The lowest BCUT2D eigenvalue weighted by molar-refractivity contribution is 1.26. The number of fused-ring (bicyclic) bond motifs is 7. The van der Waals surface area contributed by atoms with Crippen molar-refractivity contribution in [3.05, 3.63) is 152 Å². The third kappa shape index (κ3) is 3.20. The molecule has 0 amide bonds. The third-order valence-electron chi connectivity index (χ3n) is 8.78. The Balaban J connectivity index is 1.46. The number of nitrogens with zero attached hydrogens (tertiary/aromatic N) is 2. The summed E-state index contributed by atoms with van der Waals surface area (Å²) < 4.78 is 0. The van der Waals surface area contributed by atoms with E-state index in [1.165, 1.54) is 72.1 Å². The van der Waals surface area contributed by atoms with E-state index in [1.807, 2.05) is 0 Å². The zero-order valence-electron chi connectivity index (χ0n) is 22.4. The van der Waals surface area contributed by atoms with Crippen molar-refractivity contribution in [2.24, 2.45) is 0 Å². The monoisotopic (exact) mass is 520 g/mol. The van der Waals surface area contributed by atoms with Crippen molar-refractivity contribution >= 4 is 78.8 Å². The summed E-state index contributed by atoms with van der Waals surface area (Å²) in [5.41, 5.74) is 11.4. The van der Waals surface area contributed by atoms with Crippen LogP contribution >= 0.6 is 0 Å². The first-order valence-electron chi connectivity index (χ1n) is 14.2. The van der Waals surface area contributed by atoms with Gasteiger partial charge >= 0.3 is 0 Å². The van der Waals surface area contributed by atoms with Gasteiger partial charge in [-0.25, -0.2) is 0 Å². The lowest BCUT2D eigenvalue weighted by Gasteiger charge is -2.44. The number of hydrogen-bond donors (Lipinski definition) is 0. The Morgan fingerprint density at radius 1 is 0.366 bits per heavy atom. The molecule has 0 radical (unpaired) electrons. The topological polar surface area (TPSA) is 6.48 Å². The maximum Gasteiger partial charge on any atom is 0.252 e. The number of hydrogen-bond acceptors (Lipinski definition) is 2. The van der Waals surface area contributed by atoms with Crippen molar-refractivity contribution in [2.45, 2.75) is 0 Å². The molecule has 2 aliphatic rings. The molecule has 0 aliphatic carbocycles. The van der Waals surface area contributed by atoms with Crippen molar-refractivity contribution in [1.29, 1.82) is 0 Å². The van der Waals surface area contributed by atoms with E-state index in [0.29, 0.717) is 0 Å². The molecule has 0 saturated carbocycles. The summed E-state index contributed by atoms with van der Waals surface area (Å²) in [5, 5.41) is 5.11. The largest absolute Gasteiger partial charge is 0.311 e. The van der Waals surface area contributed by atoms with Gasteiger partial charge in [0.05, 0.1) is 0 Å². The zero-order chi connectivity index (χ0) is 26.9. The van der Waals surface area contributed by atoms with Crippen LogP contribution in [0.25, 0.3) is 21.5 Å². The minimum atomic E-state index is 0.0989. The maximum absolute atomic E-state index is 2.47. The molecule has 2 nitrogen and oxygen atoms in total. The molecule has 0 N–H and O–H groups in total. The molecule has 9 rings (SSSR count). The van der Waals surface area contributed by atoms with E-state index < -0.39 is 0 Å². The standard InChI is InChI=1S/C38H25BN2/c1-3-15-29(16-4-1)40-33-20-11-21-34-38(33)39(37-31-19-10-9-12-26(31)22-23-35(37)40)32-24-27-13-7-8-14-28(27)25-36(32)41(34)30-17-5-2-6-18-30/h1-25H. The Hall–Kier alpha value is -5.28. The van der Waals surface area contributed by atoms with E-state index in [0.717, 1.165) is 0 Å². The number of benzene rings is 7. The number of rotatable bonds is 2. The Kier molecular flexibility index (Phi) is 4.73. The normalized spacial score (nSPS) is 13.2. The third-order valence-corrected chi connectivity index (χ3v) is 8.78. The van der Waals surface area contributed by atoms with Crippen LogP contribution in [-0.2, 0) is 0 Å². The minimum Gasteiger partial charge on any atom is -0.311 e. The summed E-state index contributed by atoms with van der Waals surface area (Å²) in [7, 11) is 0. The molecule has 2 aliphatic heterocycles. The SMILES string of the molecule is c1ccc(N2c3cc4ccccc4cc3B3c4c2cccc4N(c2ccccc2)c2ccc4ccccc4c23)cc1. The lowest BCUT2D eigenvalue weighted by Crippen LogP contribution is -2.61. The average molecular weight is 520 g/mol. The first-order valence-corrected chi connectivity index (χ1v) is 14.2. The molecule has 190 valence electrons. The van der Waals surface area contributed by atoms with Gasteiger partial charge in [0.1, 0.15) is 0 Å². The molecule has 41 heavy (non-hydrogen) atoms. The molecule has 0 saturated heterocycles. The van der Waals surface area contributed by atoms with Crippen molar-refractivity contribution in [2.75, 3.05) is 9.80 Å². The summed E-state index contributed by atoms with van der Waals surface area (Å²) in [6, 6.07) is 55.5. The maximum atomic E-state index is 2.47. The molecule has 0 unspecified atom stereocenters. The smallest absolute Gasteiger partial charge is 0.252 e. The summed E-state index contributed by atoms with van der Waals surface area (Å²) in [6.07, 6.45) is 0. The Bertz CT molecular complexity index is 2120. The van der Waals surface area contributed by atoms with E-state index in [2.05, 4.69) is 161 Å². The highest BCUT2D eigenvalue weighted by Gasteiger charge is 2.43. The molecule has 0 atom stereocenters. The van der Waals surface area contributed by atoms with Gasteiger partial charge in [0, 0.05) is 34.1 Å². The highest BCUT2D eigenvalue weighted by molar-refractivity contribution is 7.01. The first-order chi connectivity index (χ1) is 20.4. The van der Waals surface area contributed by atoms with Crippen LogP contribution in [0.1, 0.15) is 0 Å². The van der Waals surface area contributed by atoms with Crippen LogP contribution in [0.2, 0.25) is 0 Å². The van der Waals surface area contributed by atoms with E-state index in [1.54, 1.807) is 0 Å². The molecule has 7 aromatic rings. The molecule has 0 fully saturated rings. The minimum absolute atomic E-state index is 0.0989. The molecule has 0 aromatic heterocycles. The van der Waals surface area contributed by atoms with E-state index >= 15 is 0 Å². The van der Waals surface area contributed by atoms with Crippen molar-refractivity contribution < 1.29 is 0 Å². The van der Waals surface area contributed by atoms with Gasteiger partial charge in [-0.3, -0.25) is 0 Å². The molecule has 7 aromatic carbocycles. The highest BCUT2D eigenvalue weighted by Crippen LogP contribution is 2.45. The van der Waals surface area contributed by atoms with Crippen LogP contribution in [0.15, 0.2) is 152 Å². The highest BCUT2D eigenvalue weighted by atomic mass is 15.2. The molecule has 0 bridgehead atoms. The van der Waals surface area contributed by atoms with Crippen LogP contribution in [0, 0.1) is 0 Å². The quantitative estimate of drug-likeness (QED) is 0.213. The van der Waals surface area contributed by atoms with Gasteiger partial charge in [-0.05, 0) is 86.5 Å². The molecule has 0 spiro atoms. The fourth-order valence-corrected chi connectivity index (χ4v) is 7.11. The van der Waals surface area contributed by atoms with Gasteiger partial charge in [-0.1, -0.05) is 103 Å². The van der Waals surface area contributed by atoms with Crippen LogP contribution in [0.5, 0.6) is 0 Å². The molecular weight excluding hydrogens is 495 g/mol. The predicted molar refractivity (Wildman–Crippen MR) is 175 cm³/mol. The Morgan fingerprint density at radius 3 is 1.59 bits per heavy atom. The van der Waals surface area contributed by atoms with E-state index in [4.69, 9.17) is 0 Å². The second-order valence-corrected chi connectivity index (χ2v) is 11.0. The van der Waals surface area contributed by atoms with Gasteiger partial charge in [-0.15, -0.1) is 0 Å². The summed E-state index contributed by atoms with van der Waals surface area (Å²) in [6.45, 7) is 0.0989. The Labute approximate surface area is 239 Å². The van der Waals surface area contributed by atoms with E-state index in [9.17, 15) is 0 Å². The van der Waals surface area contributed by atoms with Gasteiger partial charge in [-0.2, -0.15) is 0 Å². The van der Waals surface area contributed by atoms with E-state index in [-0.39, 0.29) is 6.71 Å². The van der Waals surface area contributed by atoms with Crippen LogP contribution in [0.3, 0.4) is 0 Å². The van der Waals surface area contributed by atoms with Gasteiger partial charge < -0.3 is 9.80 Å². The fourth-order valence-electron chi connectivity index (χ4n) is 7.11. The predicted octanol–water partition coefficient (Wildman–Crippen LogP) is 8.08. The van der Waals surface area contributed by atoms with Crippen LogP contribution < -0.4 is 26.2 Å². The summed E-state index contributed by atoms with van der Waals surface area (Å²) >= 11 is 0. The van der Waals surface area contributed by atoms with Crippen LogP contribution in [-0.4, -0.2) is 6.71 Å². The van der Waals surface area contributed by atoms with Crippen molar-refractivity contribution in [1.82, 2.24) is 0 Å². The summed E-state index contributed by atoms with van der Waals surface area (Å²) in [4.78, 5) is 4.93.